The molecule has 0 spiro atoms. The number of para-hydroxylation sites is 1. The Morgan fingerprint density at radius 2 is 1.96 bits per heavy atom. The number of hydrogen-bond acceptors (Lipinski definition) is 5. The smallest absolute Gasteiger partial charge is 0.228 e. The number of rotatable bonds is 6. The zero-order valence-corrected chi connectivity index (χ0v) is 15.6. The quantitative estimate of drug-likeness (QED) is 0.684. The molecule has 142 valence electrons. The second kappa shape index (κ2) is 8.48. The number of nitrogens with zero attached hydrogens (tertiary/aromatic N) is 2. The number of aromatic nitrogens is 2. The molecule has 2 aliphatic rings. The molecule has 1 aromatic carbocycles. The van der Waals surface area contributed by atoms with Gasteiger partial charge in [-0.15, -0.1) is 0 Å². The van der Waals surface area contributed by atoms with Gasteiger partial charge in [0.15, 0.2) is 0 Å². The van der Waals surface area contributed by atoms with Crippen molar-refractivity contribution in [3.05, 3.63) is 36.0 Å². The summed E-state index contributed by atoms with van der Waals surface area (Å²) in [5, 5.41) is 9.93. The van der Waals surface area contributed by atoms with Crippen molar-refractivity contribution >= 4 is 17.5 Å². The highest BCUT2D eigenvalue weighted by Crippen LogP contribution is 2.32. The van der Waals surface area contributed by atoms with E-state index in [4.69, 9.17) is 4.98 Å². The van der Waals surface area contributed by atoms with Crippen molar-refractivity contribution in [2.75, 3.05) is 23.7 Å². The van der Waals surface area contributed by atoms with Crippen LogP contribution in [0.2, 0.25) is 0 Å². The summed E-state index contributed by atoms with van der Waals surface area (Å²) in [4.78, 5) is 21.2. The van der Waals surface area contributed by atoms with Crippen LogP contribution in [0.5, 0.6) is 0 Å². The van der Waals surface area contributed by atoms with E-state index in [1.54, 1.807) is 6.20 Å². The summed E-state index contributed by atoms with van der Waals surface area (Å²) in [6.45, 7) is 1.85. The summed E-state index contributed by atoms with van der Waals surface area (Å²) >= 11 is 0. The third kappa shape index (κ3) is 4.45. The zero-order valence-electron chi connectivity index (χ0n) is 15.6. The molecule has 1 saturated carbocycles. The summed E-state index contributed by atoms with van der Waals surface area (Å²) in [5.41, 5.74) is 3.45. The molecule has 6 nitrogen and oxygen atoms in total. The van der Waals surface area contributed by atoms with Crippen LogP contribution in [0.15, 0.2) is 30.5 Å². The molecule has 2 aromatic rings. The van der Waals surface area contributed by atoms with E-state index in [1.165, 1.54) is 32.1 Å². The molecule has 0 radical (unpaired) electrons. The van der Waals surface area contributed by atoms with Crippen LogP contribution in [0.25, 0.3) is 11.3 Å². The van der Waals surface area contributed by atoms with Crippen LogP contribution in [0, 0.1) is 0 Å². The molecular weight excluding hydrogens is 338 g/mol. The number of carbonyl (C=O) groups excluding carboxylic acids is 1. The first-order valence-electron chi connectivity index (χ1n) is 10.0. The SMILES string of the molecule is O=C1Cc2cnc(NCCCNC3CCCCC3)nc2-c2ccccc2N1. The number of carbonyl (C=O) groups is 1. The average molecular weight is 365 g/mol. The van der Waals surface area contributed by atoms with E-state index in [0.717, 1.165) is 42.0 Å². The molecule has 1 aromatic heterocycles. The fourth-order valence-corrected chi connectivity index (χ4v) is 3.92. The Morgan fingerprint density at radius 1 is 1.11 bits per heavy atom. The number of hydrogen-bond donors (Lipinski definition) is 3. The molecule has 4 rings (SSSR count). The van der Waals surface area contributed by atoms with Crippen molar-refractivity contribution < 1.29 is 4.79 Å². The first-order chi connectivity index (χ1) is 13.3. The molecule has 1 aliphatic heterocycles. The molecule has 1 aliphatic carbocycles. The molecular formula is C21H27N5O. The highest BCUT2D eigenvalue weighted by molar-refractivity contribution is 5.99. The zero-order chi connectivity index (χ0) is 18.5. The summed E-state index contributed by atoms with van der Waals surface area (Å²) < 4.78 is 0. The second-order valence-corrected chi connectivity index (χ2v) is 7.41. The molecule has 0 saturated heterocycles. The first-order valence-corrected chi connectivity index (χ1v) is 10.0. The largest absolute Gasteiger partial charge is 0.354 e. The van der Waals surface area contributed by atoms with E-state index in [-0.39, 0.29) is 5.91 Å². The Kier molecular flexibility index (Phi) is 5.63. The lowest BCUT2D eigenvalue weighted by Crippen LogP contribution is -2.32. The Bertz CT molecular complexity index is 801. The topological polar surface area (TPSA) is 78.9 Å². The van der Waals surface area contributed by atoms with E-state index >= 15 is 0 Å². The van der Waals surface area contributed by atoms with Crippen LogP contribution in [0.3, 0.4) is 0 Å². The van der Waals surface area contributed by atoms with Crippen molar-refractivity contribution in [1.82, 2.24) is 15.3 Å². The van der Waals surface area contributed by atoms with Crippen LogP contribution in [0.1, 0.15) is 44.1 Å². The van der Waals surface area contributed by atoms with Crippen molar-refractivity contribution in [2.24, 2.45) is 0 Å². The minimum Gasteiger partial charge on any atom is -0.354 e. The lowest BCUT2D eigenvalue weighted by molar-refractivity contribution is -0.115. The van der Waals surface area contributed by atoms with E-state index < -0.39 is 0 Å². The monoisotopic (exact) mass is 365 g/mol. The molecule has 6 heteroatoms. The van der Waals surface area contributed by atoms with Gasteiger partial charge in [0.2, 0.25) is 11.9 Å². The molecule has 0 unspecified atom stereocenters. The van der Waals surface area contributed by atoms with Gasteiger partial charge in [0, 0.05) is 29.9 Å². The maximum absolute atomic E-state index is 12.1. The number of amides is 1. The van der Waals surface area contributed by atoms with Gasteiger partial charge in [-0.05, 0) is 31.9 Å². The van der Waals surface area contributed by atoms with Gasteiger partial charge < -0.3 is 16.0 Å². The average Bonchev–Trinajstić information content (AvgIpc) is 2.84. The van der Waals surface area contributed by atoms with Gasteiger partial charge in [0.1, 0.15) is 0 Å². The third-order valence-corrected chi connectivity index (χ3v) is 5.35. The lowest BCUT2D eigenvalue weighted by atomic mass is 9.95. The van der Waals surface area contributed by atoms with Gasteiger partial charge in [-0.25, -0.2) is 9.97 Å². The highest BCUT2D eigenvalue weighted by Gasteiger charge is 2.20. The normalized spacial score (nSPS) is 16.8. The summed E-state index contributed by atoms with van der Waals surface area (Å²) in [6, 6.07) is 8.49. The summed E-state index contributed by atoms with van der Waals surface area (Å²) in [6.07, 6.45) is 9.84. The molecule has 3 N–H and O–H groups in total. The maximum Gasteiger partial charge on any atom is 0.228 e. The minimum atomic E-state index is -0.0284. The first kappa shape index (κ1) is 17.9. The number of benzene rings is 1. The van der Waals surface area contributed by atoms with E-state index in [0.29, 0.717) is 18.4 Å². The van der Waals surface area contributed by atoms with E-state index in [2.05, 4.69) is 20.9 Å². The number of nitrogens with one attached hydrogen (secondary N) is 3. The predicted octanol–water partition coefficient (Wildman–Crippen LogP) is 3.36. The molecule has 27 heavy (non-hydrogen) atoms. The van der Waals surface area contributed by atoms with Crippen LogP contribution >= 0.6 is 0 Å². The van der Waals surface area contributed by atoms with Gasteiger partial charge in [-0.3, -0.25) is 4.79 Å². The van der Waals surface area contributed by atoms with Gasteiger partial charge in [0.05, 0.1) is 17.8 Å². The predicted molar refractivity (Wildman–Crippen MR) is 108 cm³/mol. The minimum absolute atomic E-state index is 0.0284. The fourth-order valence-electron chi connectivity index (χ4n) is 3.92. The third-order valence-electron chi connectivity index (χ3n) is 5.35. The Morgan fingerprint density at radius 3 is 2.85 bits per heavy atom. The van der Waals surface area contributed by atoms with E-state index in [1.807, 2.05) is 24.3 Å². The maximum atomic E-state index is 12.1. The standard InChI is InChI=1S/C21H27N5O/c27-19-13-15-14-24-21(23-12-6-11-22-16-7-2-1-3-8-16)26-20(15)17-9-4-5-10-18(17)25-19/h4-5,9-10,14,16,22H,1-3,6-8,11-13H2,(H,25,27)(H,23,24,26). The van der Waals surface area contributed by atoms with Crippen molar-refractivity contribution in [3.63, 3.8) is 0 Å². The lowest BCUT2D eigenvalue weighted by Gasteiger charge is -2.22. The summed E-state index contributed by atoms with van der Waals surface area (Å²) in [7, 11) is 0. The van der Waals surface area contributed by atoms with Crippen molar-refractivity contribution in [2.45, 2.75) is 51.0 Å². The molecule has 0 bridgehead atoms. The Labute approximate surface area is 160 Å². The number of anilines is 2. The van der Waals surface area contributed by atoms with Crippen molar-refractivity contribution in [3.8, 4) is 11.3 Å². The molecule has 1 fully saturated rings. The molecule has 1 amide bonds. The van der Waals surface area contributed by atoms with Gasteiger partial charge >= 0.3 is 0 Å². The van der Waals surface area contributed by atoms with Crippen LogP contribution in [-0.4, -0.2) is 35.0 Å². The van der Waals surface area contributed by atoms with Crippen LogP contribution in [-0.2, 0) is 11.2 Å². The van der Waals surface area contributed by atoms with Gasteiger partial charge in [-0.1, -0.05) is 37.5 Å². The van der Waals surface area contributed by atoms with E-state index in [9.17, 15) is 4.79 Å². The fraction of sp³-hybridized carbons (Fsp3) is 0.476. The molecule has 2 heterocycles. The second-order valence-electron chi connectivity index (χ2n) is 7.41. The molecule has 0 atom stereocenters. The van der Waals surface area contributed by atoms with Gasteiger partial charge in [0.25, 0.3) is 0 Å². The van der Waals surface area contributed by atoms with Crippen LogP contribution < -0.4 is 16.0 Å². The highest BCUT2D eigenvalue weighted by atomic mass is 16.1. The van der Waals surface area contributed by atoms with Crippen molar-refractivity contribution in [1.29, 1.82) is 0 Å². The van der Waals surface area contributed by atoms with Gasteiger partial charge in [-0.2, -0.15) is 0 Å². The summed E-state index contributed by atoms with van der Waals surface area (Å²) in [5.74, 6) is 0.592. The number of fused-ring (bicyclic) bond motifs is 3. The Hall–Kier alpha value is -2.47. The Balaban J connectivity index is 1.37. The van der Waals surface area contributed by atoms with Crippen LogP contribution in [0.4, 0.5) is 11.6 Å².